The molecule has 1 aromatic carbocycles. The van der Waals surface area contributed by atoms with Gasteiger partial charge >= 0.3 is 0 Å². The van der Waals surface area contributed by atoms with Gasteiger partial charge in [-0.05, 0) is 23.6 Å². The van der Waals surface area contributed by atoms with Crippen molar-refractivity contribution in [2.45, 2.75) is 13.1 Å². The first kappa shape index (κ1) is 19.2. The van der Waals surface area contributed by atoms with Gasteiger partial charge in [0.05, 0.1) is 17.2 Å². The fourth-order valence-electron chi connectivity index (χ4n) is 2.94. The van der Waals surface area contributed by atoms with E-state index in [0.29, 0.717) is 6.61 Å². The van der Waals surface area contributed by atoms with Gasteiger partial charge in [-0.15, -0.1) is 11.3 Å². The predicted octanol–water partition coefficient (Wildman–Crippen LogP) is 3.71. The summed E-state index contributed by atoms with van der Waals surface area (Å²) in [6.45, 7) is 3.03. The molecule has 7 nitrogen and oxygen atoms in total. The zero-order chi connectivity index (χ0) is 19.2. The van der Waals surface area contributed by atoms with Crippen LogP contribution in [0.2, 0.25) is 0 Å². The lowest BCUT2D eigenvalue weighted by Crippen LogP contribution is -2.26. The average molecular weight is 386 g/mol. The third-order valence-electron chi connectivity index (χ3n) is 4.22. The first-order valence-corrected chi connectivity index (χ1v) is 9.46. The van der Waals surface area contributed by atoms with Crippen molar-refractivity contribution in [1.29, 1.82) is 0 Å². The van der Waals surface area contributed by atoms with Gasteiger partial charge in [0.25, 0.3) is 5.69 Å². The lowest BCUT2D eigenvalue weighted by atomic mass is 10.1. The molecule has 2 heterocycles. The van der Waals surface area contributed by atoms with Crippen LogP contribution in [0.25, 0.3) is 11.3 Å². The van der Waals surface area contributed by atoms with Crippen LogP contribution >= 0.6 is 11.3 Å². The molecule has 0 N–H and O–H groups in total. The van der Waals surface area contributed by atoms with E-state index in [2.05, 4.69) is 27.5 Å². The summed E-state index contributed by atoms with van der Waals surface area (Å²) in [6, 6.07) is 10.7. The second-order valence-corrected chi connectivity index (χ2v) is 7.30. The molecule has 0 fully saturated rings. The van der Waals surface area contributed by atoms with Crippen LogP contribution in [0.1, 0.15) is 10.4 Å². The van der Waals surface area contributed by atoms with Crippen molar-refractivity contribution in [3.8, 4) is 11.3 Å². The van der Waals surface area contributed by atoms with Crippen LogP contribution in [0.15, 0.2) is 48.0 Å². The van der Waals surface area contributed by atoms with Crippen molar-refractivity contribution in [2.24, 2.45) is 7.05 Å². The molecule has 0 unspecified atom stereocenters. The number of aryl methyl sites for hydroxylation is 1. The van der Waals surface area contributed by atoms with Crippen molar-refractivity contribution in [2.75, 3.05) is 20.3 Å². The summed E-state index contributed by atoms with van der Waals surface area (Å²) in [7, 11) is 3.59. The molecule has 0 saturated heterocycles. The molecule has 3 rings (SSSR count). The Morgan fingerprint density at radius 3 is 2.67 bits per heavy atom. The van der Waals surface area contributed by atoms with Gasteiger partial charge in [-0.25, -0.2) is 0 Å². The summed E-state index contributed by atoms with van der Waals surface area (Å²) < 4.78 is 7.05. The van der Waals surface area contributed by atoms with E-state index in [9.17, 15) is 10.1 Å². The minimum absolute atomic E-state index is 0.0793. The second-order valence-electron chi connectivity index (χ2n) is 6.26. The standard InChI is InChI=1S/C19H22N4O3S/c1-21-12-16(13-22(9-10-26-2)14-18-4-3-11-27-18)19(20-21)15-5-7-17(8-6-15)23(24)25/h3-8,11-12H,9-10,13-14H2,1-2H3. The van der Waals surface area contributed by atoms with Crippen molar-refractivity contribution >= 4 is 17.0 Å². The number of ether oxygens (including phenoxy) is 1. The van der Waals surface area contributed by atoms with Crippen LogP contribution in [0, 0.1) is 10.1 Å². The third kappa shape index (κ3) is 5.00. The van der Waals surface area contributed by atoms with Gasteiger partial charge in [0.15, 0.2) is 0 Å². The van der Waals surface area contributed by atoms with E-state index in [1.807, 2.05) is 13.2 Å². The van der Waals surface area contributed by atoms with Crippen LogP contribution in [0.5, 0.6) is 0 Å². The molecule has 0 aliphatic heterocycles. The number of nitro benzene ring substituents is 1. The predicted molar refractivity (Wildman–Crippen MR) is 106 cm³/mol. The Hall–Kier alpha value is -2.55. The van der Waals surface area contributed by atoms with Gasteiger partial charge in [0.1, 0.15) is 0 Å². The highest BCUT2D eigenvalue weighted by Gasteiger charge is 2.16. The Labute approximate surface area is 162 Å². The molecule has 0 amide bonds. The molecular formula is C19H22N4O3S. The number of hydrogen-bond acceptors (Lipinski definition) is 6. The molecule has 0 aliphatic carbocycles. The number of nitro groups is 1. The first-order chi connectivity index (χ1) is 13.1. The zero-order valence-corrected chi connectivity index (χ0v) is 16.2. The maximum atomic E-state index is 10.9. The molecule has 2 aromatic heterocycles. The van der Waals surface area contributed by atoms with E-state index < -0.39 is 4.92 Å². The molecule has 0 aliphatic rings. The number of nitrogens with zero attached hydrogens (tertiary/aromatic N) is 4. The number of methoxy groups -OCH3 is 1. The molecule has 0 bridgehead atoms. The van der Waals surface area contributed by atoms with E-state index in [0.717, 1.165) is 36.5 Å². The third-order valence-corrected chi connectivity index (χ3v) is 5.08. The lowest BCUT2D eigenvalue weighted by molar-refractivity contribution is -0.384. The minimum atomic E-state index is -0.392. The van der Waals surface area contributed by atoms with E-state index >= 15 is 0 Å². The normalized spacial score (nSPS) is 11.2. The fraction of sp³-hybridized carbons (Fsp3) is 0.316. The molecular weight excluding hydrogens is 364 g/mol. The molecule has 8 heteroatoms. The largest absolute Gasteiger partial charge is 0.383 e. The van der Waals surface area contributed by atoms with Crippen LogP contribution in [0.4, 0.5) is 5.69 Å². The summed E-state index contributed by atoms with van der Waals surface area (Å²) in [5.74, 6) is 0. The number of non-ortho nitro benzene ring substituents is 1. The number of hydrogen-bond donors (Lipinski definition) is 0. The summed E-state index contributed by atoms with van der Waals surface area (Å²) in [5.41, 5.74) is 2.88. The number of benzene rings is 1. The van der Waals surface area contributed by atoms with Gasteiger partial charge in [-0.3, -0.25) is 19.7 Å². The van der Waals surface area contributed by atoms with E-state index in [-0.39, 0.29) is 5.69 Å². The maximum absolute atomic E-state index is 10.9. The molecule has 142 valence electrons. The van der Waals surface area contributed by atoms with Crippen molar-refractivity contribution < 1.29 is 9.66 Å². The van der Waals surface area contributed by atoms with E-state index in [4.69, 9.17) is 4.74 Å². The topological polar surface area (TPSA) is 73.4 Å². The number of rotatable bonds is 9. The molecule has 0 saturated carbocycles. The van der Waals surface area contributed by atoms with Crippen LogP contribution in [-0.4, -0.2) is 39.9 Å². The van der Waals surface area contributed by atoms with Crippen LogP contribution in [-0.2, 0) is 24.9 Å². The monoisotopic (exact) mass is 386 g/mol. The van der Waals surface area contributed by atoms with E-state index in [1.165, 1.54) is 17.0 Å². The zero-order valence-electron chi connectivity index (χ0n) is 15.4. The fourth-order valence-corrected chi connectivity index (χ4v) is 3.68. The molecule has 0 radical (unpaired) electrons. The van der Waals surface area contributed by atoms with Crippen molar-refractivity contribution in [1.82, 2.24) is 14.7 Å². The summed E-state index contributed by atoms with van der Waals surface area (Å²) in [5, 5.41) is 17.5. The highest BCUT2D eigenvalue weighted by atomic mass is 32.1. The number of thiophene rings is 1. The Kier molecular flexibility index (Phi) is 6.33. The Balaban J connectivity index is 1.83. The SMILES string of the molecule is COCCN(Cc1cccs1)Cc1cn(C)nc1-c1ccc([N+](=O)[O-])cc1. The Morgan fingerprint density at radius 2 is 2.04 bits per heavy atom. The molecule has 0 atom stereocenters. The van der Waals surface area contributed by atoms with Crippen LogP contribution < -0.4 is 0 Å². The van der Waals surface area contributed by atoms with Gasteiger partial charge in [-0.2, -0.15) is 5.10 Å². The van der Waals surface area contributed by atoms with Gasteiger partial charge in [0.2, 0.25) is 0 Å². The number of aromatic nitrogens is 2. The second kappa shape index (κ2) is 8.90. The Bertz CT molecular complexity index is 875. The average Bonchev–Trinajstić information content (AvgIpc) is 3.29. The quantitative estimate of drug-likeness (QED) is 0.414. The smallest absolute Gasteiger partial charge is 0.269 e. The summed E-state index contributed by atoms with van der Waals surface area (Å²) in [6.07, 6.45) is 2.00. The Morgan fingerprint density at radius 1 is 1.26 bits per heavy atom. The summed E-state index contributed by atoms with van der Waals surface area (Å²) >= 11 is 1.74. The van der Waals surface area contributed by atoms with Gasteiger partial charge in [-0.1, -0.05) is 6.07 Å². The minimum Gasteiger partial charge on any atom is -0.383 e. The molecule has 3 aromatic rings. The van der Waals surface area contributed by atoms with Crippen LogP contribution in [0.3, 0.4) is 0 Å². The maximum Gasteiger partial charge on any atom is 0.269 e. The van der Waals surface area contributed by atoms with E-state index in [1.54, 1.807) is 35.3 Å². The van der Waals surface area contributed by atoms with Gasteiger partial charge in [0, 0.05) is 68.1 Å². The lowest BCUT2D eigenvalue weighted by Gasteiger charge is -2.21. The van der Waals surface area contributed by atoms with Gasteiger partial charge < -0.3 is 4.74 Å². The first-order valence-electron chi connectivity index (χ1n) is 8.58. The highest BCUT2D eigenvalue weighted by Crippen LogP contribution is 2.26. The summed E-state index contributed by atoms with van der Waals surface area (Å²) in [4.78, 5) is 14.1. The van der Waals surface area contributed by atoms with Crippen molar-refractivity contribution in [3.05, 3.63) is 68.5 Å². The molecule has 0 spiro atoms. The highest BCUT2D eigenvalue weighted by molar-refractivity contribution is 7.09. The van der Waals surface area contributed by atoms with Crippen molar-refractivity contribution in [3.63, 3.8) is 0 Å². The molecule has 27 heavy (non-hydrogen) atoms.